The van der Waals surface area contributed by atoms with Gasteiger partial charge in [-0.2, -0.15) is 11.8 Å². The Bertz CT molecular complexity index is 170. The monoisotopic (exact) mass is 214 g/mol. The normalized spacial score (nSPS) is 29.9. The number of hydrogen-bond acceptors (Lipinski definition) is 2. The molecule has 0 aromatic carbocycles. The lowest BCUT2D eigenvalue weighted by molar-refractivity contribution is 0.0950. The molecule has 1 rings (SSSR count). The first-order valence-electron chi connectivity index (χ1n) is 5.60. The predicted molar refractivity (Wildman–Crippen MR) is 64.7 cm³/mol. The van der Waals surface area contributed by atoms with Crippen LogP contribution in [0.15, 0.2) is 12.7 Å². The van der Waals surface area contributed by atoms with E-state index in [1.807, 2.05) is 17.8 Å². The van der Waals surface area contributed by atoms with Gasteiger partial charge < -0.3 is 5.11 Å². The van der Waals surface area contributed by atoms with Gasteiger partial charge in [0.2, 0.25) is 0 Å². The lowest BCUT2D eigenvalue weighted by atomic mass is 9.90. The molecule has 0 saturated carbocycles. The van der Waals surface area contributed by atoms with E-state index in [0.717, 1.165) is 30.9 Å². The molecule has 1 fully saturated rings. The Morgan fingerprint density at radius 2 is 2.36 bits per heavy atom. The summed E-state index contributed by atoms with van der Waals surface area (Å²) in [6.07, 6.45) is 6.13. The molecule has 3 atom stereocenters. The summed E-state index contributed by atoms with van der Waals surface area (Å²) < 4.78 is 0. The summed E-state index contributed by atoms with van der Waals surface area (Å²) in [7, 11) is 0. The van der Waals surface area contributed by atoms with Gasteiger partial charge in [0.1, 0.15) is 0 Å². The first-order valence-corrected chi connectivity index (χ1v) is 6.76. The first-order chi connectivity index (χ1) is 6.74. The van der Waals surface area contributed by atoms with Gasteiger partial charge in [-0.3, -0.25) is 0 Å². The van der Waals surface area contributed by atoms with Gasteiger partial charge in [-0.15, -0.1) is 6.58 Å². The van der Waals surface area contributed by atoms with Gasteiger partial charge in [0.25, 0.3) is 0 Å². The van der Waals surface area contributed by atoms with Gasteiger partial charge in [0.15, 0.2) is 0 Å². The minimum atomic E-state index is -0.0785. The van der Waals surface area contributed by atoms with Crippen LogP contribution in [0.1, 0.15) is 32.6 Å². The highest BCUT2D eigenvalue weighted by molar-refractivity contribution is 7.99. The third kappa shape index (κ3) is 4.05. The molecule has 1 aliphatic rings. The van der Waals surface area contributed by atoms with Gasteiger partial charge >= 0.3 is 0 Å². The lowest BCUT2D eigenvalue weighted by Crippen LogP contribution is -2.28. The summed E-state index contributed by atoms with van der Waals surface area (Å²) >= 11 is 2.00. The number of unbranched alkanes of at least 4 members (excludes halogenated alkanes) is 1. The highest BCUT2D eigenvalue weighted by Crippen LogP contribution is 2.30. The van der Waals surface area contributed by atoms with E-state index in [9.17, 15) is 5.11 Å². The van der Waals surface area contributed by atoms with Gasteiger partial charge in [-0.1, -0.05) is 13.0 Å². The summed E-state index contributed by atoms with van der Waals surface area (Å²) in [4.78, 5) is 0. The Morgan fingerprint density at radius 3 is 3.00 bits per heavy atom. The van der Waals surface area contributed by atoms with Crippen molar-refractivity contribution in [3.05, 3.63) is 12.7 Å². The fourth-order valence-electron chi connectivity index (χ4n) is 2.05. The fraction of sp³-hybridized carbons (Fsp3) is 0.833. The van der Waals surface area contributed by atoms with Crippen molar-refractivity contribution in [2.75, 3.05) is 11.5 Å². The van der Waals surface area contributed by atoms with Gasteiger partial charge in [-0.05, 0) is 49.0 Å². The summed E-state index contributed by atoms with van der Waals surface area (Å²) in [5, 5.41) is 9.97. The second-order valence-electron chi connectivity index (χ2n) is 4.43. The van der Waals surface area contributed by atoms with Crippen molar-refractivity contribution in [2.45, 2.75) is 38.7 Å². The molecule has 0 spiro atoms. The number of allylic oxidation sites excluding steroid dienone is 1. The van der Waals surface area contributed by atoms with Crippen molar-refractivity contribution in [3.63, 3.8) is 0 Å². The van der Waals surface area contributed by atoms with Crippen molar-refractivity contribution in [1.29, 1.82) is 0 Å². The highest BCUT2D eigenvalue weighted by Gasteiger charge is 2.24. The smallest absolute Gasteiger partial charge is 0.0576 e. The predicted octanol–water partition coefficient (Wildman–Crippen LogP) is 3.09. The minimum absolute atomic E-state index is 0.0785. The molecule has 82 valence electrons. The topological polar surface area (TPSA) is 20.2 Å². The van der Waals surface area contributed by atoms with Crippen LogP contribution < -0.4 is 0 Å². The van der Waals surface area contributed by atoms with Gasteiger partial charge in [0, 0.05) is 0 Å². The summed E-state index contributed by atoms with van der Waals surface area (Å²) in [6.45, 7) is 5.98. The van der Waals surface area contributed by atoms with Crippen LogP contribution in [0.2, 0.25) is 0 Å². The molecule has 1 nitrogen and oxygen atoms in total. The van der Waals surface area contributed by atoms with E-state index in [1.165, 1.54) is 12.2 Å². The van der Waals surface area contributed by atoms with Crippen LogP contribution in [0.5, 0.6) is 0 Å². The number of rotatable bonds is 5. The Balaban J connectivity index is 2.21. The van der Waals surface area contributed by atoms with Crippen LogP contribution in [0.3, 0.4) is 0 Å². The van der Waals surface area contributed by atoms with E-state index in [1.54, 1.807) is 0 Å². The first kappa shape index (κ1) is 12.1. The number of aliphatic hydroxyl groups is 1. The maximum atomic E-state index is 9.97. The Kier molecular flexibility index (Phi) is 5.64. The molecule has 1 aliphatic heterocycles. The van der Waals surface area contributed by atoms with E-state index in [-0.39, 0.29) is 6.10 Å². The third-order valence-corrected chi connectivity index (χ3v) is 4.36. The molecule has 0 radical (unpaired) electrons. The third-order valence-electron chi connectivity index (χ3n) is 2.89. The zero-order valence-electron chi connectivity index (χ0n) is 9.11. The van der Waals surface area contributed by atoms with Crippen molar-refractivity contribution < 1.29 is 5.11 Å². The standard InChI is InChI=1S/C12H22OS/c1-3-4-5-6-12(13)11-7-10(2)8-14-9-11/h3,10-13H,1,4-9H2,2H3. The quantitative estimate of drug-likeness (QED) is 0.560. The average Bonchev–Trinajstić information content (AvgIpc) is 2.18. The number of hydrogen-bond donors (Lipinski definition) is 1. The second-order valence-corrected chi connectivity index (χ2v) is 5.50. The second kappa shape index (κ2) is 6.52. The zero-order chi connectivity index (χ0) is 10.4. The van der Waals surface area contributed by atoms with Gasteiger partial charge in [0.05, 0.1) is 6.10 Å². The van der Waals surface area contributed by atoms with Crippen LogP contribution in [0.4, 0.5) is 0 Å². The van der Waals surface area contributed by atoms with Crippen molar-refractivity contribution >= 4 is 11.8 Å². The van der Waals surface area contributed by atoms with Crippen molar-refractivity contribution in [1.82, 2.24) is 0 Å². The summed E-state index contributed by atoms with van der Waals surface area (Å²) in [5.74, 6) is 3.75. The number of thioether (sulfide) groups is 1. The molecule has 3 unspecified atom stereocenters. The SMILES string of the molecule is C=CCCCC(O)C1CSCC(C)C1. The Labute approximate surface area is 92.0 Å². The van der Waals surface area contributed by atoms with Crippen LogP contribution in [-0.4, -0.2) is 22.7 Å². The van der Waals surface area contributed by atoms with E-state index >= 15 is 0 Å². The van der Waals surface area contributed by atoms with Crippen molar-refractivity contribution in [2.24, 2.45) is 11.8 Å². The van der Waals surface area contributed by atoms with Crippen LogP contribution in [0.25, 0.3) is 0 Å². The summed E-state index contributed by atoms with van der Waals surface area (Å²) in [6, 6.07) is 0. The molecule has 0 amide bonds. The molecule has 1 heterocycles. The van der Waals surface area contributed by atoms with E-state index in [4.69, 9.17) is 0 Å². The molecule has 2 heteroatoms. The zero-order valence-corrected chi connectivity index (χ0v) is 9.93. The van der Waals surface area contributed by atoms with Crippen LogP contribution in [-0.2, 0) is 0 Å². The molecule has 0 bridgehead atoms. The van der Waals surface area contributed by atoms with E-state index < -0.39 is 0 Å². The largest absolute Gasteiger partial charge is 0.393 e. The average molecular weight is 214 g/mol. The molecule has 0 aromatic rings. The molecule has 0 aliphatic carbocycles. The lowest BCUT2D eigenvalue weighted by Gasteiger charge is -2.30. The maximum Gasteiger partial charge on any atom is 0.0576 e. The molecule has 14 heavy (non-hydrogen) atoms. The van der Waals surface area contributed by atoms with Crippen LogP contribution in [0, 0.1) is 11.8 Å². The molecule has 0 aromatic heterocycles. The Hall–Kier alpha value is 0.0500. The number of aliphatic hydroxyl groups excluding tert-OH is 1. The van der Waals surface area contributed by atoms with E-state index in [0.29, 0.717) is 5.92 Å². The Morgan fingerprint density at radius 1 is 1.57 bits per heavy atom. The van der Waals surface area contributed by atoms with Crippen LogP contribution >= 0.6 is 11.8 Å². The molecule has 1 saturated heterocycles. The van der Waals surface area contributed by atoms with Crippen molar-refractivity contribution in [3.8, 4) is 0 Å². The highest BCUT2D eigenvalue weighted by atomic mass is 32.2. The summed E-state index contributed by atoms with van der Waals surface area (Å²) in [5.41, 5.74) is 0. The molecular weight excluding hydrogens is 192 g/mol. The fourth-order valence-corrected chi connectivity index (χ4v) is 3.38. The molecule has 1 N–H and O–H groups in total. The maximum absolute atomic E-state index is 9.97. The van der Waals surface area contributed by atoms with E-state index in [2.05, 4.69) is 13.5 Å². The minimum Gasteiger partial charge on any atom is -0.393 e. The van der Waals surface area contributed by atoms with Gasteiger partial charge in [-0.25, -0.2) is 0 Å². The molecular formula is C12H22OS.